The number of nitrogens with one attached hydrogen (secondary N) is 2. The highest BCUT2D eigenvalue weighted by Gasteiger charge is 2.12. The van der Waals surface area contributed by atoms with E-state index < -0.39 is 0 Å². The summed E-state index contributed by atoms with van der Waals surface area (Å²) in [6, 6.07) is 14.8. The molecule has 3 aromatic rings. The SMILES string of the molecule is C[C@H](NC(=O)Nc1cccc(CSc2ccccn2)c1)c1ccon1. The molecule has 25 heavy (non-hydrogen) atoms. The second-order valence-electron chi connectivity index (χ2n) is 5.40. The number of rotatable bonds is 6. The van der Waals surface area contributed by atoms with E-state index in [2.05, 4.69) is 20.8 Å². The van der Waals surface area contributed by atoms with Crippen molar-refractivity contribution >= 4 is 23.5 Å². The first kappa shape index (κ1) is 17.0. The van der Waals surface area contributed by atoms with Crippen molar-refractivity contribution in [3.8, 4) is 0 Å². The molecule has 2 heterocycles. The number of hydrogen-bond donors (Lipinski definition) is 2. The number of hydrogen-bond acceptors (Lipinski definition) is 5. The molecule has 2 amide bonds. The van der Waals surface area contributed by atoms with Crippen LogP contribution in [-0.4, -0.2) is 16.2 Å². The van der Waals surface area contributed by atoms with Gasteiger partial charge in [0.05, 0.1) is 11.1 Å². The molecule has 0 saturated carbocycles. The Morgan fingerprint density at radius 2 is 2.16 bits per heavy atom. The zero-order chi connectivity index (χ0) is 17.5. The summed E-state index contributed by atoms with van der Waals surface area (Å²) in [5.41, 5.74) is 2.53. The van der Waals surface area contributed by atoms with Crippen molar-refractivity contribution in [2.45, 2.75) is 23.7 Å². The lowest BCUT2D eigenvalue weighted by molar-refractivity contribution is 0.249. The van der Waals surface area contributed by atoms with Crippen molar-refractivity contribution in [3.63, 3.8) is 0 Å². The number of amides is 2. The van der Waals surface area contributed by atoms with Crippen LogP contribution in [-0.2, 0) is 5.75 Å². The third-order valence-corrected chi connectivity index (χ3v) is 4.47. The average Bonchev–Trinajstić information content (AvgIpc) is 3.16. The molecule has 0 radical (unpaired) electrons. The van der Waals surface area contributed by atoms with Crippen LogP contribution in [0.4, 0.5) is 10.5 Å². The number of anilines is 1. The Kier molecular flexibility index (Phi) is 5.69. The van der Waals surface area contributed by atoms with Crippen molar-refractivity contribution in [2.24, 2.45) is 0 Å². The summed E-state index contributed by atoms with van der Waals surface area (Å²) in [5, 5.41) is 10.4. The molecule has 1 atom stereocenters. The molecule has 0 bridgehead atoms. The van der Waals surface area contributed by atoms with Gasteiger partial charge in [-0.05, 0) is 36.8 Å². The number of thioether (sulfide) groups is 1. The lowest BCUT2D eigenvalue weighted by atomic mass is 10.2. The van der Waals surface area contributed by atoms with Gasteiger partial charge >= 0.3 is 6.03 Å². The largest absolute Gasteiger partial charge is 0.364 e. The Balaban J connectivity index is 1.55. The van der Waals surface area contributed by atoms with E-state index in [4.69, 9.17) is 4.52 Å². The Morgan fingerprint density at radius 3 is 2.92 bits per heavy atom. The number of carbonyl (C=O) groups is 1. The van der Waals surface area contributed by atoms with Gasteiger partial charge in [0.2, 0.25) is 0 Å². The molecule has 1 aromatic carbocycles. The van der Waals surface area contributed by atoms with Crippen LogP contribution in [0.3, 0.4) is 0 Å². The van der Waals surface area contributed by atoms with E-state index in [0.717, 1.165) is 22.0 Å². The van der Waals surface area contributed by atoms with Gasteiger partial charge in [-0.15, -0.1) is 11.8 Å². The standard InChI is InChI=1S/C18H18N4O2S/c1-13(16-8-10-24-22-16)20-18(23)21-15-6-4-5-14(11-15)12-25-17-7-2-3-9-19-17/h2-11,13H,12H2,1H3,(H2,20,21,23)/t13-/m0/s1. The van der Waals surface area contributed by atoms with Gasteiger partial charge in [0, 0.05) is 23.7 Å². The average molecular weight is 354 g/mol. The molecule has 2 N–H and O–H groups in total. The summed E-state index contributed by atoms with van der Waals surface area (Å²) in [5.74, 6) is 0.781. The highest BCUT2D eigenvalue weighted by Crippen LogP contribution is 2.22. The van der Waals surface area contributed by atoms with E-state index in [-0.39, 0.29) is 12.1 Å². The van der Waals surface area contributed by atoms with Gasteiger partial charge in [-0.25, -0.2) is 9.78 Å². The van der Waals surface area contributed by atoms with Crippen molar-refractivity contribution in [1.29, 1.82) is 0 Å². The number of urea groups is 1. The molecule has 0 unspecified atom stereocenters. The van der Waals surface area contributed by atoms with E-state index in [1.54, 1.807) is 24.0 Å². The molecule has 3 rings (SSSR count). The van der Waals surface area contributed by atoms with Crippen molar-refractivity contribution < 1.29 is 9.32 Å². The maximum atomic E-state index is 12.1. The molecule has 0 fully saturated rings. The molecule has 7 heteroatoms. The zero-order valence-electron chi connectivity index (χ0n) is 13.7. The quantitative estimate of drug-likeness (QED) is 0.647. The fourth-order valence-electron chi connectivity index (χ4n) is 2.21. The summed E-state index contributed by atoms with van der Waals surface area (Å²) in [6.07, 6.45) is 3.26. The van der Waals surface area contributed by atoms with Crippen LogP contribution in [0.15, 0.2) is 70.5 Å². The third kappa shape index (κ3) is 5.09. The molecule has 0 spiro atoms. The molecule has 2 aromatic heterocycles. The summed E-state index contributed by atoms with van der Waals surface area (Å²) in [7, 11) is 0. The molecule has 0 aliphatic carbocycles. The number of pyridine rings is 1. The fourth-order valence-corrected chi connectivity index (χ4v) is 3.02. The molecule has 128 valence electrons. The highest BCUT2D eigenvalue weighted by atomic mass is 32.2. The minimum Gasteiger partial charge on any atom is -0.364 e. The first-order valence-corrected chi connectivity index (χ1v) is 8.80. The van der Waals surface area contributed by atoms with E-state index in [1.807, 2.05) is 49.4 Å². The van der Waals surface area contributed by atoms with Crippen LogP contribution in [0.2, 0.25) is 0 Å². The van der Waals surface area contributed by atoms with Gasteiger partial charge < -0.3 is 15.2 Å². The predicted molar refractivity (Wildman–Crippen MR) is 97.3 cm³/mol. The van der Waals surface area contributed by atoms with E-state index in [1.165, 1.54) is 6.26 Å². The Bertz CT molecular complexity index is 809. The topological polar surface area (TPSA) is 80.0 Å². The van der Waals surface area contributed by atoms with Crippen molar-refractivity contribution in [1.82, 2.24) is 15.5 Å². The lowest BCUT2D eigenvalue weighted by Gasteiger charge is -2.12. The molecular formula is C18H18N4O2S. The van der Waals surface area contributed by atoms with Crippen LogP contribution < -0.4 is 10.6 Å². The minimum atomic E-state index is -0.287. The lowest BCUT2D eigenvalue weighted by Crippen LogP contribution is -2.31. The Hall–Kier alpha value is -2.80. The van der Waals surface area contributed by atoms with Gasteiger partial charge in [-0.2, -0.15) is 0 Å². The van der Waals surface area contributed by atoms with Crippen LogP contribution in [0.25, 0.3) is 0 Å². The van der Waals surface area contributed by atoms with Crippen LogP contribution in [0.1, 0.15) is 24.2 Å². The van der Waals surface area contributed by atoms with Crippen LogP contribution in [0.5, 0.6) is 0 Å². The summed E-state index contributed by atoms with van der Waals surface area (Å²) in [6.45, 7) is 1.84. The number of nitrogens with zero attached hydrogens (tertiary/aromatic N) is 2. The fraction of sp³-hybridized carbons (Fsp3) is 0.167. The first-order valence-electron chi connectivity index (χ1n) is 7.81. The molecular weight excluding hydrogens is 336 g/mol. The van der Waals surface area contributed by atoms with Crippen LogP contribution >= 0.6 is 11.8 Å². The minimum absolute atomic E-state index is 0.235. The maximum Gasteiger partial charge on any atom is 0.319 e. The first-order chi connectivity index (χ1) is 12.2. The molecule has 0 aliphatic rings. The Labute approximate surface area is 150 Å². The number of carbonyl (C=O) groups excluding carboxylic acids is 1. The zero-order valence-corrected chi connectivity index (χ0v) is 14.5. The smallest absolute Gasteiger partial charge is 0.319 e. The van der Waals surface area contributed by atoms with Gasteiger partial charge in [-0.3, -0.25) is 0 Å². The summed E-state index contributed by atoms with van der Waals surface area (Å²) >= 11 is 1.65. The maximum absolute atomic E-state index is 12.1. The monoisotopic (exact) mass is 354 g/mol. The van der Waals surface area contributed by atoms with Crippen LogP contribution in [0, 0.1) is 0 Å². The highest BCUT2D eigenvalue weighted by molar-refractivity contribution is 7.98. The van der Waals surface area contributed by atoms with Gasteiger partial charge in [0.15, 0.2) is 0 Å². The second-order valence-corrected chi connectivity index (χ2v) is 6.40. The summed E-state index contributed by atoms with van der Waals surface area (Å²) < 4.78 is 4.79. The van der Waals surface area contributed by atoms with E-state index >= 15 is 0 Å². The van der Waals surface area contributed by atoms with Crippen molar-refractivity contribution in [2.75, 3.05) is 5.32 Å². The third-order valence-electron chi connectivity index (χ3n) is 3.46. The van der Waals surface area contributed by atoms with Gasteiger partial charge in [-0.1, -0.05) is 23.4 Å². The Morgan fingerprint density at radius 1 is 1.24 bits per heavy atom. The van der Waals surface area contributed by atoms with Crippen molar-refractivity contribution in [3.05, 3.63) is 72.2 Å². The second kappa shape index (κ2) is 8.34. The molecule has 0 aliphatic heterocycles. The van der Waals surface area contributed by atoms with Gasteiger partial charge in [0.1, 0.15) is 12.0 Å². The van der Waals surface area contributed by atoms with Gasteiger partial charge in [0.25, 0.3) is 0 Å². The summed E-state index contributed by atoms with van der Waals surface area (Å²) in [4.78, 5) is 16.4. The van der Waals surface area contributed by atoms with E-state index in [0.29, 0.717) is 5.69 Å². The number of aromatic nitrogens is 2. The number of benzene rings is 1. The molecule has 6 nitrogen and oxygen atoms in total. The predicted octanol–water partition coefficient (Wildman–Crippen LogP) is 4.24. The molecule has 0 saturated heterocycles. The normalized spacial score (nSPS) is 11.7. The van der Waals surface area contributed by atoms with E-state index in [9.17, 15) is 4.79 Å².